The lowest BCUT2D eigenvalue weighted by molar-refractivity contribution is -0.384. The standard InChI is InChI=1S/C22H22N4O3S/c27-21(17-6-5-15-3-1-2-4-16(15)13-17)24-9-11-25(12-10-24)22-23-19-8-7-18(26(28)29)14-20(19)30-22/h5-8,13-14H,1-4,9-12H2. The molecule has 0 saturated carbocycles. The van der Waals surface area contributed by atoms with Crippen LogP contribution in [0.4, 0.5) is 10.8 Å². The fourth-order valence-corrected chi connectivity index (χ4v) is 5.35. The van der Waals surface area contributed by atoms with E-state index in [9.17, 15) is 14.9 Å². The van der Waals surface area contributed by atoms with Crippen LogP contribution in [0.15, 0.2) is 36.4 Å². The quantitative estimate of drug-likeness (QED) is 0.470. The Morgan fingerprint density at radius 1 is 1.00 bits per heavy atom. The fraction of sp³-hybridized carbons (Fsp3) is 0.364. The van der Waals surface area contributed by atoms with Crippen molar-refractivity contribution in [3.63, 3.8) is 0 Å². The molecule has 0 unspecified atom stereocenters. The zero-order chi connectivity index (χ0) is 20.7. The van der Waals surface area contributed by atoms with Crippen LogP contribution in [0.2, 0.25) is 0 Å². The molecule has 2 heterocycles. The predicted octanol–water partition coefficient (Wildman–Crippen LogP) is 4.05. The van der Waals surface area contributed by atoms with Crippen molar-refractivity contribution in [2.75, 3.05) is 31.1 Å². The van der Waals surface area contributed by atoms with E-state index in [2.05, 4.69) is 22.0 Å². The summed E-state index contributed by atoms with van der Waals surface area (Å²) in [5.41, 5.74) is 4.36. The summed E-state index contributed by atoms with van der Waals surface area (Å²) in [4.78, 5) is 32.3. The van der Waals surface area contributed by atoms with E-state index in [-0.39, 0.29) is 16.5 Å². The first-order valence-corrected chi connectivity index (χ1v) is 11.1. The number of benzene rings is 2. The van der Waals surface area contributed by atoms with Gasteiger partial charge in [0.05, 0.1) is 15.1 Å². The van der Waals surface area contributed by atoms with E-state index in [0.717, 1.165) is 33.8 Å². The number of nitro benzene ring substituents is 1. The van der Waals surface area contributed by atoms with Gasteiger partial charge in [-0.3, -0.25) is 14.9 Å². The number of fused-ring (bicyclic) bond motifs is 2. The van der Waals surface area contributed by atoms with E-state index in [4.69, 9.17) is 0 Å². The van der Waals surface area contributed by atoms with Crippen molar-refractivity contribution < 1.29 is 9.72 Å². The molecule has 7 nitrogen and oxygen atoms in total. The average molecular weight is 423 g/mol. The van der Waals surface area contributed by atoms with Gasteiger partial charge in [0.1, 0.15) is 0 Å². The Hall–Kier alpha value is -3.00. The van der Waals surface area contributed by atoms with Crippen molar-refractivity contribution in [2.24, 2.45) is 0 Å². The molecule has 1 aromatic heterocycles. The first-order chi connectivity index (χ1) is 14.6. The van der Waals surface area contributed by atoms with Crippen LogP contribution in [0.5, 0.6) is 0 Å². The molecule has 8 heteroatoms. The highest BCUT2D eigenvalue weighted by Crippen LogP contribution is 2.32. The van der Waals surface area contributed by atoms with Gasteiger partial charge in [-0.05, 0) is 55.0 Å². The summed E-state index contributed by atoms with van der Waals surface area (Å²) >= 11 is 1.46. The van der Waals surface area contributed by atoms with E-state index in [1.807, 2.05) is 11.0 Å². The first-order valence-electron chi connectivity index (χ1n) is 10.3. The summed E-state index contributed by atoms with van der Waals surface area (Å²) < 4.78 is 0.812. The third kappa shape index (κ3) is 3.52. The highest BCUT2D eigenvalue weighted by atomic mass is 32.1. The molecule has 1 aliphatic heterocycles. The van der Waals surface area contributed by atoms with Crippen molar-refractivity contribution in [1.29, 1.82) is 0 Å². The van der Waals surface area contributed by atoms with Gasteiger partial charge in [-0.2, -0.15) is 0 Å². The monoisotopic (exact) mass is 422 g/mol. The Kier molecular flexibility index (Phi) is 4.86. The zero-order valence-corrected chi connectivity index (χ0v) is 17.4. The number of nitrogens with zero attached hydrogens (tertiary/aromatic N) is 4. The van der Waals surface area contributed by atoms with Gasteiger partial charge in [-0.15, -0.1) is 0 Å². The molecule has 154 valence electrons. The molecule has 30 heavy (non-hydrogen) atoms. The van der Waals surface area contributed by atoms with E-state index < -0.39 is 0 Å². The Labute approximate surface area is 178 Å². The SMILES string of the molecule is O=C(c1ccc2c(c1)CCCC2)N1CCN(c2nc3ccc([N+](=O)[O-])cc3s2)CC1. The first kappa shape index (κ1) is 19.0. The number of anilines is 1. The van der Waals surface area contributed by atoms with Crippen LogP contribution < -0.4 is 4.90 Å². The number of carbonyl (C=O) groups excluding carboxylic acids is 1. The van der Waals surface area contributed by atoms with E-state index >= 15 is 0 Å². The molecular weight excluding hydrogens is 400 g/mol. The molecule has 2 aliphatic rings. The Balaban J connectivity index is 1.27. The predicted molar refractivity (Wildman–Crippen MR) is 117 cm³/mol. The molecule has 1 amide bonds. The minimum absolute atomic E-state index is 0.0816. The van der Waals surface area contributed by atoms with Gasteiger partial charge in [0.15, 0.2) is 5.13 Å². The number of non-ortho nitro benzene ring substituents is 1. The number of piperazine rings is 1. The van der Waals surface area contributed by atoms with Crippen LogP contribution in [0, 0.1) is 10.1 Å². The number of rotatable bonds is 3. The third-order valence-corrected chi connectivity index (χ3v) is 7.08. The van der Waals surface area contributed by atoms with Gasteiger partial charge in [-0.1, -0.05) is 17.4 Å². The number of thiazole rings is 1. The smallest absolute Gasteiger partial charge is 0.270 e. The maximum atomic E-state index is 13.0. The third-order valence-electron chi connectivity index (χ3n) is 6.00. The number of amides is 1. The average Bonchev–Trinajstić information content (AvgIpc) is 3.22. The maximum Gasteiger partial charge on any atom is 0.270 e. The van der Waals surface area contributed by atoms with Gasteiger partial charge in [0.2, 0.25) is 0 Å². The Morgan fingerprint density at radius 2 is 1.77 bits per heavy atom. The van der Waals surface area contributed by atoms with Crippen LogP contribution in [0.25, 0.3) is 10.2 Å². The van der Waals surface area contributed by atoms with Crippen LogP contribution in [-0.4, -0.2) is 46.9 Å². The largest absolute Gasteiger partial charge is 0.345 e. The zero-order valence-electron chi connectivity index (χ0n) is 16.5. The molecule has 1 aliphatic carbocycles. The van der Waals surface area contributed by atoms with E-state index in [1.165, 1.54) is 41.4 Å². The van der Waals surface area contributed by atoms with E-state index in [1.54, 1.807) is 12.1 Å². The molecule has 1 fully saturated rings. The number of aromatic nitrogens is 1. The lowest BCUT2D eigenvalue weighted by Gasteiger charge is -2.34. The van der Waals surface area contributed by atoms with Gasteiger partial charge in [0.25, 0.3) is 11.6 Å². The molecular formula is C22H22N4O3S. The highest BCUT2D eigenvalue weighted by molar-refractivity contribution is 7.22. The normalized spacial score (nSPS) is 16.5. The van der Waals surface area contributed by atoms with Gasteiger partial charge >= 0.3 is 0 Å². The van der Waals surface area contributed by atoms with Crippen molar-refractivity contribution in [3.05, 3.63) is 63.2 Å². The summed E-state index contributed by atoms with van der Waals surface area (Å²) in [7, 11) is 0. The number of hydrogen-bond acceptors (Lipinski definition) is 6. The molecule has 0 N–H and O–H groups in total. The topological polar surface area (TPSA) is 79.6 Å². The molecule has 3 aromatic rings. The molecule has 0 bridgehead atoms. The minimum Gasteiger partial charge on any atom is -0.345 e. The number of hydrogen-bond donors (Lipinski definition) is 0. The van der Waals surface area contributed by atoms with Crippen molar-refractivity contribution >= 4 is 38.3 Å². The summed E-state index contributed by atoms with van der Waals surface area (Å²) in [6, 6.07) is 10.9. The lowest BCUT2D eigenvalue weighted by atomic mass is 9.90. The lowest BCUT2D eigenvalue weighted by Crippen LogP contribution is -2.48. The van der Waals surface area contributed by atoms with Crippen molar-refractivity contribution in [1.82, 2.24) is 9.88 Å². The summed E-state index contributed by atoms with van der Waals surface area (Å²) in [6.07, 6.45) is 4.63. The molecule has 1 saturated heterocycles. The Bertz CT molecular complexity index is 1130. The van der Waals surface area contributed by atoms with Gasteiger partial charge < -0.3 is 9.80 Å². The second kappa shape index (κ2) is 7.68. The van der Waals surface area contributed by atoms with Crippen molar-refractivity contribution in [2.45, 2.75) is 25.7 Å². The van der Waals surface area contributed by atoms with E-state index in [0.29, 0.717) is 26.2 Å². The second-order valence-electron chi connectivity index (χ2n) is 7.88. The fourth-order valence-electron chi connectivity index (χ4n) is 4.30. The summed E-state index contributed by atoms with van der Waals surface area (Å²) in [5.74, 6) is 0.1000. The van der Waals surface area contributed by atoms with Crippen LogP contribution in [-0.2, 0) is 12.8 Å². The maximum absolute atomic E-state index is 13.0. The Morgan fingerprint density at radius 3 is 2.53 bits per heavy atom. The molecule has 0 atom stereocenters. The van der Waals surface area contributed by atoms with Crippen molar-refractivity contribution in [3.8, 4) is 0 Å². The number of nitro groups is 1. The molecule has 0 radical (unpaired) electrons. The molecule has 5 rings (SSSR count). The molecule has 0 spiro atoms. The number of aryl methyl sites for hydroxylation is 2. The van der Waals surface area contributed by atoms with Gasteiger partial charge in [0, 0.05) is 43.9 Å². The van der Waals surface area contributed by atoms with Crippen LogP contribution in [0.1, 0.15) is 34.3 Å². The summed E-state index contributed by atoms with van der Waals surface area (Å²) in [6.45, 7) is 2.70. The highest BCUT2D eigenvalue weighted by Gasteiger charge is 2.25. The minimum atomic E-state index is -0.385. The second-order valence-corrected chi connectivity index (χ2v) is 8.88. The van der Waals surface area contributed by atoms with Crippen LogP contribution >= 0.6 is 11.3 Å². The van der Waals surface area contributed by atoms with Crippen LogP contribution in [0.3, 0.4) is 0 Å². The van der Waals surface area contributed by atoms with Gasteiger partial charge in [-0.25, -0.2) is 4.98 Å². The summed E-state index contributed by atoms with van der Waals surface area (Å²) in [5, 5.41) is 11.8. The molecule has 2 aromatic carbocycles. The number of carbonyl (C=O) groups is 1.